The molecule has 4 heterocycles. The summed E-state index contributed by atoms with van der Waals surface area (Å²) in [7, 11) is -2.42. The summed E-state index contributed by atoms with van der Waals surface area (Å²) < 4.78 is 21.1. The van der Waals surface area contributed by atoms with Crippen molar-refractivity contribution >= 4 is 56.1 Å². The summed E-state index contributed by atoms with van der Waals surface area (Å²) in [6, 6.07) is 12.3. The fourth-order valence-corrected chi connectivity index (χ4v) is 8.19. The predicted molar refractivity (Wildman–Crippen MR) is 220 cm³/mol. The molecule has 1 aliphatic rings. The maximum atomic E-state index is 13.9. The van der Waals surface area contributed by atoms with Crippen molar-refractivity contribution in [1.29, 1.82) is 0 Å². The second-order valence-electron chi connectivity index (χ2n) is 17.4. The molecule has 0 saturated carbocycles. The van der Waals surface area contributed by atoms with Crippen molar-refractivity contribution in [2.24, 2.45) is 0 Å². The van der Waals surface area contributed by atoms with Gasteiger partial charge in [-0.05, 0) is 67.7 Å². The number of nitrogens with zero attached hydrogens (tertiary/aromatic N) is 6. The second kappa shape index (κ2) is 15.9. The van der Waals surface area contributed by atoms with Gasteiger partial charge in [0.2, 0.25) is 0 Å². The number of carbonyl (C=O) groups excluding carboxylic acids is 2. The Morgan fingerprint density at radius 3 is 2.28 bits per heavy atom. The highest BCUT2D eigenvalue weighted by Gasteiger charge is 2.28. The fourth-order valence-electron chi connectivity index (χ4n) is 5.90. The van der Waals surface area contributed by atoms with Crippen LogP contribution in [0, 0.1) is 0 Å². The lowest BCUT2D eigenvalue weighted by Crippen LogP contribution is -2.33. The molecule has 0 unspecified atom stereocenters. The summed E-state index contributed by atoms with van der Waals surface area (Å²) >= 11 is 1.39. The molecular formula is C39H53N7O5SSi2. The van der Waals surface area contributed by atoms with Gasteiger partial charge in [0.1, 0.15) is 29.8 Å². The van der Waals surface area contributed by atoms with Gasteiger partial charge in [-0.15, -0.1) is 11.3 Å². The van der Waals surface area contributed by atoms with Gasteiger partial charge in [-0.25, -0.2) is 19.1 Å². The van der Waals surface area contributed by atoms with Gasteiger partial charge in [-0.1, -0.05) is 51.4 Å². The molecule has 0 radical (unpaired) electrons. The first kappa shape index (κ1) is 39.5. The number of aromatic nitrogens is 5. The van der Waals surface area contributed by atoms with E-state index in [-0.39, 0.29) is 12.0 Å². The number of nitrogens with one attached hydrogen (secondary N) is 1. The summed E-state index contributed by atoms with van der Waals surface area (Å²) in [6.07, 6.45) is 5.13. The van der Waals surface area contributed by atoms with Crippen LogP contribution in [0.4, 0.5) is 10.5 Å². The molecule has 0 bridgehead atoms. The summed E-state index contributed by atoms with van der Waals surface area (Å²) in [5.41, 5.74) is 5.87. The average molecular weight is 788 g/mol. The molecule has 3 aromatic heterocycles. The van der Waals surface area contributed by atoms with Crippen molar-refractivity contribution in [3.8, 4) is 21.7 Å². The molecule has 1 N–H and O–H groups in total. The van der Waals surface area contributed by atoms with E-state index >= 15 is 0 Å². The number of thiazole rings is 1. The van der Waals surface area contributed by atoms with E-state index in [1.54, 1.807) is 21.2 Å². The number of hydrogen-bond acceptors (Lipinski definition) is 9. The maximum absolute atomic E-state index is 13.9. The van der Waals surface area contributed by atoms with Crippen molar-refractivity contribution in [1.82, 2.24) is 29.4 Å². The Hall–Kier alpha value is -4.16. The summed E-state index contributed by atoms with van der Waals surface area (Å²) in [5.74, 6) is -0.324. The zero-order valence-corrected chi connectivity index (χ0v) is 35.8. The van der Waals surface area contributed by atoms with Crippen LogP contribution < -0.4 is 5.32 Å². The molecule has 0 fully saturated rings. The highest BCUT2D eigenvalue weighted by Crippen LogP contribution is 2.36. The Kier molecular flexibility index (Phi) is 11.6. The van der Waals surface area contributed by atoms with Crippen molar-refractivity contribution in [3.05, 3.63) is 71.1 Å². The first-order valence-corrected chi connectivity index (χ1v) is 26.8. The van der Waals surface area contributed by atoms with Crippen LogP contribution in [0.25, 0.3) is 32.6 Å². The molecule has 0 spiro atoms. The summed E-state index contributed by atoms with van der Waals surface area (Å²) in [5, 5.41) is 15.6. The predicted octanol–water partition coefficient (Wildman–Crippen LogP) is 9.15. The molecule has 5 aromatic rings. The van der Waals surface area contributed by atoms with Crippen LogP contribution in [-0.4, -0.2) is 76.4 Å². The number of benzene rings is 2. The van der Waals surface area contributed by atoms with Gasteiger partial charge in [0.15, 0.2) is 0 Å². The maximum Gasteiger partial charge on any atom is 0.410 e. The molecular weight excluding hydrogens is 735 g/mol. The van der Waals surface area contributed by atoms with E-state index in [0.29, 0.717) is 56.2 Å². The third-order valence-corrected chi connectivity index (χ3v) is 13.3. The van der Waals surface area contributed by atoms with Gasteiger partial charge in [0.05, 0.1) is 23.6 Å². The van der Waals surface area contributed by atoms with Gasteiger partial charge >= 0.3 is 6.09 Å². The van der Waals surface area contributed by atoms with E-state index in [4.69, 9.17) is 19.2 Å². The molecule has 0 saturated heterocycles. The van der Waals surface area contributed by atoms with Crippen LogP contribution in [0.2, 0.25) is 51.4 Å². The van der Waals surface area contributed by atoms with Crippen molar-refractivity contribution in [3.63, 3.8) is 0 Å². The van der Waals surface area contributed by atoms with Gasteiger partial charge < -0.3 is 19.5 Å². The SMILES string of the molecule is CC(C)(C)OC(=O)N1Cc2ccc(-c3cc4cnn(COCC[Si](C)(C)C)c4cc3NC(=O)c3csc(-c4cnn(COCC[Si](C)(C)C)c4)n3)cc2C1. The lowest BCUT2D eigenvalue weighted by molar-refractivity contribution is 0.0241. The molecule has 0 aliphatic carbocycles. The minimum atomic E-state index is -1.24. The van der Waals surface area contributed by atoms with Crippen LogP contribution in [0.5, 0.6) is 0 Å². The molecule has 6 rings (SSSR count). The number of anilines is 1. The van der Waals surface area contributed by atoms with E-state index in [1.807, 2.05) is 62.1 Å². The first-order valence-electron chi connectivity index (χ1n) is 18.5. The first-order chi connectivity index (χ1) is 25.4. The molecule has 15 heteroatoms. The lowest BCUT2D eigenvalue weighted by Gasteiger charge is -2.24. The van der Waals surface area contributed by atoms with Crippen molar-refractivity contribution in [2.75, 3.05) is 18.5 Å². The van der Waals surface area contributed by atoms with Crippen LogP contribution in [0.1, 0.15) is 42.4 Å². The van der Waals surface area contributed by atoms with Crippen LogP contribution in [0.15, 0.2) is 54.3 Å². The Morgan fingerprint density at radius 1 is 0.870 bits per heavy atom. The zero-order chi connectivity index (χ0) is 38.8. The number of fused-ring (bicyclic) bond motifs is 2. The van der Waals surface area contributed by atoms with Gasteiger partial charge in [0, 0.05) is 70.5 Å². The van der Waals surface area contributed by atoms with Crippen LogP contribution in [0.3, 0.4) is 0 Å². The van der Waals surface area contributed by atoms with Crippen molar-refractivity contribution in [2.45, 2.75) is 104 Å². The molecule has 2 amide bonds. The van der Waals surface area contributed by atoms with Crippen LogP contribution >= 0.6 is 11.3 Å². The van der Waals surface area contributed by atoms with E-state index < -0.39 is 21.7 Å². The third kappa shape index (κ3) is 10.3. The molecule has 288 valence electrons. The summed E-state index contributed by atoms with van der Waals surface area (Å²) in [4.78, 5) is 33.2. The second-order valence-corrected chi connectivity index (χ2v) is 29.5. The summed E-state index contributed by atoms with van der Waals surface area (Å²) in [6.45, 7) is 22.6. The molecule has 12 nitrogen and oxygen atoms in total. The number of ether oxygens (including phenoxy) is 3. The van der Waals surface area contributed by atoms with Crippen LogP contribution in [-0.2, 0) is 40.8 Å². The fraction of sp³-hybridized carbons (Fsp3) is 0.462. The standard InChI is InChI=1S/C39H53N7O5SSi2/c1-39(2,3)51-38(48)44-21-28-11-10-27(16-30(28)22-44)32-17-29-19-41-46(26-50-13-15-54(7,8)9)35(29)18-33(32)42-36(47)34-24-52-37(43-34)31-20-40-45(23-31)25-49-12-14-53(4,5)6/h10-11,16-20,23-24H,12-15,21-22,25-26H2,1-9H3,(H,42,47). The minimum Gasteiger partial charge on any atom is -0.444 e. The minimum absolute atomic E-state index is 0.310. The number of rotatable bonds is 14. The van der Waals surface area contributed by atoms with E-state index in [0.717, 1.165) is 50.8 Å². The normalized spacial score (nSPS) is 13.5. The molecule has 1 aliphatic heterocycles. The highest BCUT2D eigenvalue weighted by molar-refractivity contribution is 7.13. The molecule has 0 atom stereocenters. The third-order valence-electron chi connectivity index (χ3n) is 8.97. The average Bonchev–Trinajstić information content (AvgIpc) is 3.89. The zero-order valence-electron chi connectivity index (χ0n) is 33.0. The quantitative estimate of drug-likeness (QED) is 0.0873. The molecule has 54 heavy (non-hydrogen) atoms. The Labute approximate surface area is 323 Å². The number of amides is 2. The smallest absolute Gasteiger partial charge is 0.410 e. The number of hydrogen-bond donors (Lipinski definition) is 1. The van der Waals surface area contributed by atoms with Gasteiger partial charge in [0.25, 0.3) is 5.91 Å². The Bertz CT molecular complexity index is 2120. The Morgan fingerprint density at radius 2 is 1.57 bits per heavy atom. The lowest BCUT2D eigenvalue weighted by atomic mass is 9.98. The largest absolute Gasteiger partial charge is 0.444 e. The highest BCUT2D eigenvalue weighted by atomic mass is 32.1. The Balaban J connectivity index is 1.24. The van der Waals surface area contributed by atoms with Crippen molar-refractivity contribution < 1.29 is 23.8 Å². The topological polar surface area (TPSA) is 126 Å². The molecule has 2 aromatic carbocycles. The number of carbonyl (C=O) groups is 2. The monoisotopic (exact) mass is 787 g/mol. The van der Waals surface area contributed by atoms with Gasteiger partial charge in [-0.2, -0.15) is 10.2 Å². The van der Waals surface area contributed by atoms with E-state index in [1.165, 1.54) is 11.3 Å². The van der Waals surface area contributed by atoms with E-state index in [9.17, 15) is 9.59 Å². The van der Waals surface area contributed by atoms with Gasteiger partial charge in [-0.3, -0.25) is 9.69 Å². The van der Waals surface area contributed by atoms with E-state index in [2.05, 4.69) is 60.9 Å².